The second-order valence-corrected chi connectivity index (χ2v) is 8.94. The van der Waals surface area contributed by atoms with Crippen LogP contribution in [0.5, 0.6) is 5.75 Å². The molecule has 0 aliphatic rings. The van der Waals surface area contributed by atoms with Gasteiger partial charge >= 0.3 is 5.97 Å². The summed E-state index contributed by atoms with van der Waals surface area (Å²) >= 11 is 7.74. The maximum Gasteiger partial charge on any atom is 0.338 e. The van der Waals surface area contributed by atoms with Crippen molar-refractivity contribution in [1.82, 2.24) is 9.55 Å². The van der Waals surface area contributed by atoms with Gasteiger partial charge < -0.3 is 14.0 Å². The van der Waals surface area contributed by atoms with E-state index in [9.17, 15) is 9.18 Å². The van der Waals surface area contributed by atoms with Gasteiger partial charge in [-0.3, -0.25) is 0 Å². The Morgan fingerprint density at radius 3 is 2.62 bits per heavy atom. The Morgan fingerprint density at radius 2 is 1.91 bits per heavy atom. The number of rotatable bonds is 9. The van der Waals surface area contributed by atoms with Gasteiger partial charge in [0.15, 0.2) is 5.16 Å². The Balaban J connectivity index is 1.63. The van der Waals surface area contributed by atoms with Crippen LogP contribution in [0.2, 0.25) is 5.02 Å². The zero-order valence-corrected chi connectivity index (χ0v) is 20.5. The molecule has 0 spiro atoms. The molecule has 3 aromatic carbocycles. The fourth-order valence-electron chi connectivity index (χ4n) is 3.59. The second kappa shape index (κ2) is 10.9. The number of fused-ring (bicyclic) bond motifs is 1. The molecule has 0 fully saturated rings. The summed E-state index contributed by atoms with van der Waals surface area (Å²) in [6.45, 7) is 2.79. The minimum Gasteiger partial charge on any atom is -0.497 e. The molecule has 0 unspecified atom stereocenters. The number of carbonyl (C=O) groups excluding carboxylic acids is 1. The zero-order valence-electron chi connectivity index (χ0n) is 18.9. The van der Waals surface area contributed by atoms with Crippen LogP contribution in [0.1, 0.15) is 28.4 Å². The quantitative estimate of drug-likeness (QED) is 0.193. The Bertz CT molecular complexity index is 1310. The maximum absolute atomic E-state index is 13.4. The second-order valence-electron chi connectivity index (χ2n) is 7.59. The van der Waals surface area contributed by atoms with Crippen molar-refractivity contribution in [1.29, 1.82) is 0 Å². The molecule has 176 valence electrons. The SMILES string of the molecule is CCOC(=O)c1ccc2c(c1)nc(SCc1ccc(F)cc1Cl)n2CCc1ccc(OC)cc1. The van der Waals surface area contributed by atoms with Crippen molar-refractivity contribution in [3.63, 3.8) is 0 Å². The summed E-state index contributed by atoms with van der Waals surface area (Å²) in [4.78, 5) is 17.0. The molecule has 34 heavy (non-hydrogen) atoms. The Morgan fingerprint density at radius 1 is 1.12 bits per heavy atom. The number of aromatic nitrogens is 2. The first-order valence-corrected chi connectivity index (χ1v) is 12.2. The van der Waals surface area contributed by atoms with Crippen LogP contribution in [-0.4, -0.2) is 29.2 Å². The number of hydrogen-bond acceptors (Lipinski definition) is 5. The van der Waals surface area contributed by atoms with Gasteiger partial charge in [0.2, 0.25) is 0 Å². The molecular weight excluding hydrogens is 475 g/mol. The molecule has 0 aliphatic carbocycles. The number of benzene rings is 3. The average molecular weight is 499 g/mol. The summed E-state index contributed by atoms with van der Waals surface area (Å²) in [5, 5.41) is 1.18. The van der Waals surface area contributed by atoms with E-state index in [0.29, 0.717) is 35.0 Å². The van der Waals surface area contributed by atoms with E-state index in [1.54, 1.807) is 32.2 Å². The van der Waals surface area contributed by atoms with Gasteiger partial charge in [0.25, 0.3) is 0 Å². The summed E-state index contributed by atoms with van der Waals surface area (Å²) < 4.78 is 25.9. The van der Waals surface area contributed by atoms with Gasteiger partial charge in [-0.05, 0) is 66.9 Å². The van der Waals surface area contributed by atoms with Crippen molar-refractivity contribution in [2.24, 2.45) is 0 Å². The third kappa shape index (κ3) is 5.54. The molecule has 5 nitrogen and oxygen atoms in total. The molecule has 0 saturated carbocycles. The van der Waals surface area contributed by atoms with Gasteiger partial charge in [0.05, 0.1) is 30.3 Å². The summed E-state index contributed by atoms with van der Waals surface area (Å²) in [5.74, 6) is 0.618. The molecular formula is C26H24ClFN2O3S. The topological polar surface area (TPSA) is 53.3 Å². The van der Waals surface area contributed by atoms with Crippen molar-refractivity contribution in [2.75, 3.05) is 13.7 Å². The lowest BCUT2D eigenvalue weighted by Crippen LogP contribution is -2.05. The number of ether oxygens (including phenoxy) is 2. The van der Waals surface area contributed by atoms with Crippen molar-refractivity contribution in [2.45, 2.75) is 30.8 Å². The molecule has 0 amide bonds. The number of aryl methyl sites for hydroxylation is 2. The minimum atomic E-state index is -0.371. The highest BCUT2D eigenvalue weighted by molar-refractivity contribution is 7.98. The van der Waals surface area contributed by atoms with Gasteiger partial charge in [-0.15, -0.1) is 0 Å². The summed E-state index contributed by atoms with van der Waals surface area (Å²) in [6.07, 6.45) is 0.792. The highest BCUT2D eigenvalue weighted by Gasteiger charge is 2.16. The smallest absolute Gasteiger partial charge is 0.338 e. The van der Waals surface area contributed by atoms with Crippen LogP contribution >= 0.6 is 23.4 Å². The lowest BCUT2D eigenvalue weighted by Gasteiger charge is -2.10. The predicted octanol–water partition coefficient (Wildman–Crippen LogP) is 6.55. The van der Waals surface area contributed by atoms with E-state index in [1.807, 2.05) is 30.3 Å². The number of imidazole rings is 1. The van der Waals surface area contributed by atoms with E-state index in [-0.39, 0.29) is 11.8 Å². The molecule has 1 aromatic heterocycles. The standard InChI is InChI=1S/C26H24ClFN2O3S/c1-3-33-25(31)18-7-11-24-23(14-18)29-26(34-16-19-6-8-20(28)15-22(19)27)30(24)13-12-17-4-9-21(32-2)10-5-17/h4-11,14-15H,3,12-13,16H2,1-2H3. The van der Waals surface area contributed by atoms with Crippen molar-refractivity contribution in [3.8, 4) is 5.75 Å². The number of halogens is 2. The monoisotopic (exact) mass is 498 g/mol. The molecule has 8 heteroatoms. The number of esters is 1. The number of carbonyl (C=O) groups is 1. The van der Waals surface area contributed by atoms with Crippen molar-refractivity contribution < 1.29 is 18.7 Å². The number of hydrogen-bond donors (Lipinski definition) is 0. The number of thioether (sulfide) groups is 1. The summed E-state index contributed by atoms with van der Waals surface area (Å²) in [5.41, 5.74) is 4.10. The molecule has 0 saturated heterocycles. The van der Waals surface area contributed by atoms with Gasteiger partial charge in [-0.1, -0.05) is 41.6 Å². The fourth-order valence-corrected chi connectivity index (χ4v) is 4.95. The molecule has 0 atom stereocenters. The first kappa shape index (κ1) is 24.1. The van der Waals surface area contributed by atoms with E-state index in [1.165, 1.54) is 29.5 Å². The molecule has 1 heterocycles. The van der Waals surface area contributed by atoms with Crippen molar-refractivity contribution >= 4 is 40.4 Å². The number of nitrogens with zero attached hydrogens (tertiary/aromatic N) is 2. The minimum absolute atomic E-state index is 0.312. The van der Waals surface area contributed by atoms with Crippen LogP contribution in [0, 0.1) is 5.82 Å². The highest BCUT2D eigenvalue weighted by atomic mass is 35.5. The summed E-state index contributed by atoms with van der Waals surface area (Å²) in [6, 6.07) is 17.8. The van der Waals surface area contributed by atoms with Gasteiger partial charge in [0, 0.05) is 17.3 Å². The van der Waals surface area contributed by atoms with Gasteiger partial charge in [-0.2, -0.15) is 0 Å². The van der Waals surface area contributed by atoms with E-state index in [0.717, 1.165) is 28.4 Å². The first-order valence-electron chi connectivity index (χ1n) is 10.9. The zero-order chi connectivity index (χ0) is 24.1. The third-order valence-electron chi connectivity index (χ3n) is 5.38. The van der Waals surface area contributed by atoms with Crippen LogP contribution in [0.4, 0.5) is 4.39 Å². The molecule has 4 aromatic rings. The third-order valence-corrected chi connectivity index (χ3v) is 6.76. The largest absolute Gasteiger partial charge is 0.497 e. The van der Waals surface area contributed by atoms with E-state index < -0.39 is 0 Å². The van der Waals surface area contributed by atoms with Crippen LogP contribution in [0.15, 0.2) is 65.8 Å². The Hall–Kier alpha value is -3.03. The number of methoxy groups -OCH3 is 1. The predicted molar refractivity (Wildman–Crippen MR) is 133 cm³/mol. The summed E-state index contributed by atoms with van der Waals surface area (Å²) in [7, 11) is 1.65. The molecule has 0 N–H and O–H groups in total. The van der Waals surface area contributed by atoms with Gasteiger partial charge in [0.1, 0.15) is 11.6 Å². The average Bonchev–Trinajstić information content (AvgIpc) is 3.19. The first-order chi connectivity index (χ1) is 16.5. The molecule has 0 bridgehead atoms. The van der Waals surface area contributed by atoms with Gasteiger partial charge in [-0.25, -0.2) is 14.2 Å². The molecule has 0 radical (unpaired) electrons. The maximum atomic E-state index is 13.4. The van der Waals surface area contributed by atoms with Crippen LogP contribution < -0.4 is 4.74 Å². The molecule has 0 aliphatic heterocycles. The van der Waals surface area contributed by atoms with Crippen LogP contribution in [-0.2, 0) is 23.5 Å². The van der Waals surface area contributed by atoms with E-state index >= 15 is 0 Å². The Kier molecular flexibility index (Phi) is 7.75. The van der Waals surface area contributed by atoms with Crippen molar-refractivity contribution in [3.05, 3.63) is 88.2 Å². The van der Waals surface area contributed by atoms with E-state index in [4.69, 9.17) is 26.1 Å². The van der Waals surface area contributed by atoms with Crippen LogP contribution in [0.25, 0.3) is 11.0 Å². The molecule has 4 rings (SSSR count). The van der Waals surface area contributed by atoms with Crippen LogP contribution in [0.3, 0.4) is 0 Å². The van der Waals surface area contributed by atoms with E-state index in [2.05, 4.69) is 4.57 Å². The highest BCUT2D eigenvalue weighted by Crippen LogP contribution is 2.30. The lowest BCUT2D eigenvalue weighted by atomic mass is 10.1. The lowest BCUT2D eigenvalue weighted by molar-refractivity contribution is 0.0526. The Labute approximate surface area is 206 Å². The fraction of sp³-hybridized carbons (Fsp3) is 0.231. The normalized spacial score (nSPS) is 11.1.